The minimum absolute atomic E-state index is 0.0226. The van der Waals surface area contributed by atoms with Gasteiger partial charge in [0.15, 0.2) is 9.84 Å². The molecule has 8 heteroatoms. The molecule has 0 radical (unpaired) electrons. The first-order valence-electron chi connectivity index (χ1n) is 6.52. The van der Waals surface area contributed by atoms with E-state index < -0.39 is 19.7 Å². The predicted molar refractivity (Wildman–Crippen MR) is 83.6 cm³/mol. The Morgan fingerprint density at radius 1 is 1.00 bits per heavy atom. The van der Waals surface area contributed by atoms with Crippen LogP contribution in [0.3, 0.4) is 0 Å². The fraction of sp³-hybridized carbons (Fsp3) is 0.538. The molecule has 0 unspecified atom stereocenters. The average Bonchev–Trinajstić information content (AvgIpc) is 2.42. The van der Waals surface area contributed by atoms with Crippen molar-refractivity contribution in [2.75, 3.05) is 37.9 Å². The number of benzene rings is 1. The zero-order chi connectivity index (χ0) is 16.1. The van der Waals surface area contributed by atoms with E-state index in [2.05, 4.69) is 0 Å². The minimum Gasteiger partial charge on any atom is -0.326 e. The van der Waals surface area contributed by atoms with Crippen LogP contribution in [0.25, 0.3) is 0 Å². The van der Waals surface area contributed by atoms with Gasteiger partial charge in [0.2, 0.25) is 0 Å². The molecule has 0 atom stereocenters. The fourth-order valence-electron chi connectivity index (χ4n) is 1.66. The molecule has 120 valence electrons. The third kappa shape index (κ3) is 6.56. The van der Waals surface area contributed by atoms with Crippen LogP contribution in [0.2, 0.25) is 0 Å². The maximum Gasteiger partial charge on any atom is 0.179 e. The van der Waals surface area contributed by atoms with Gasteiger partial charge in [-0.2, -0.15) is 0 Å². The van der Waals surface area contributed by atoms with Gasteiger partial charge in [-0.05, 0) is 24.7 Å². The molecule has 0 aromatic heterocycles. The van der Waals surface area contributed by atoms with Gasteiger partial charge in [-0.1, -0.05) is 12.1 Å². The topological polar surface area (TPSA) is 97.5 Å². The number of hydrogen-bond acceptors (Lipinski definition) is 6. The Kier molecular flexibility index (Phi) is 6.33. The van der Waals surface area contributed by atoms with E-state index in [0.29, 0.717) is 13.1 Å². The summed E-state index contributed by atoms with van der Waals surface area (Å²) in [6.07, 6.45) is 1.16. The predicted octanol–water partition coefficient (Wildman–Crippen LogP) is -0.105. The van der Waals surface area contributed by atoms with Crippen molar-refractivity contribution < 1.29 is 16.8 Å². The van der Waals surface area contributed by atoms with Crippen LogP contribution in [0, 0.1) is 0 Å². The minimum atomic E-state index is -3.37. The Balaban J connectivity index is 2.59. The molecule has 0 aliphatic heterocycles. The number of nitrogens with two attached hydrogens (primary N) is 1. The Labute approximate surface area is 126 Å². The lowest BCUT2D eigenvalue weighted by Crippen LogP contribution is -2.30. The highest BCUT2D eigenvalue weighted by Gasteiger charge is 2.15. The highest BCUT2D eigenvalue weighted by atomic mass is 32.2. The molecule has 1 aromatic rings. The maximum atomic E-state index is 12.2. The van der Waals surface area contributed by atoms with E-state index in [9.17, 15) is 16.8 Å². The zero-order valence-electron chi connectivity index (χ0n) is 12.3. The Hall–Kier alpha value is -0.960. The normalized spacial score (nSPS) is 12.8. The molecule has 0 saturated carbocycles. The van der Waals surface area contributed by atoms with Crippen molar-refractivity contribution in [3.63, 3.8) is 0 Å². The molecule has 0 amide bonds. The quantitative estimate of drug-likeness (QED) is 0.713. The maximum absolute atomic E-state index is 12.2. The molecule has 2 N–H and O–H groups in total. The van der Waals surface area contributed by atoms with E-state index >= 15 is 0 Å². The summed E-state index contributed by atoms with van der Waals surface area (Å²) in [5.41, 5.74) is 6.34. The van der Waals surface area contributed by atoms with Crippen LogP contribution in [-0.4, -0.2) is 59.6 Å². The van der Waals surface area contributed by atoms with Crippen molar-refractivity contribution in [2.45, 2.75) is 11.4 Å². The summed E-state index contributed by atoms with van der Waals surface area (Å²) in [5, 5.41) is 0. The van der Waals surface area contributed by atoms with Gasteiger partial charge in [0.25, 0.3) is 0 Å². The van der Waals surface area contributed by atoms with Crippen LogP contribution in [-0.2, 0) is 26.2 Å². The van der Waals surface area contributed by atoms with Gasteiger partial charge in [-0.15, -0.1) is 0 Å². The molecule has 6 nitrogen and oxygen atoms in total. The van der Waals surface area contributed by atoms with Crippen LogP contribution in [0.1, 0.15) is 5.56 Å². The van der Waals surface area contributed by atoms with Crippen molar-refractivity contribution in [3.05, 3.63) is 29.8 Å². The lowest BCUT2D eigenvalue weighted by atomic mass is 10.2. The highest BCUT2D eigenvalue weighted by Crippen LogP contribution is 2.12. The fourth-order valence-corrected chi connectivity index (χ4v) is 3.64. The van der Waals surface area contributed by atoms with Gasteiger partial charge in [0.1, 0.15) is 9.84 Å². The lowest BCUT2D eigenvalue weighted by Gasteiger charge is -2.16. The van der Waals surface area contributed by atoms with Crippen LogP contribution in [0.5, 0.6) is 0 Å². The highest BCUT2D eigenvalue weighted by molar-refractivity contribution is 7.91. The molecular formula is C13H22N2O4S2. The van der Waals surface area contributed by atoms with Crippen molar-refractivity contribution >= 4 is 19.7 Å². The summed E-state index contributed by atoms with van der Waals surface area (Å²) >= 11 is 0. The molecule has 0 spiro atoms. The first-order valence-corrected chi connectivity index (χ1v) is 10.2. The number of sulfone groups is 2. The molecule has 1 aromatic carbocycles. The molecular weight excluding hydrogens is 312 g/mol. The van der Waals surface area contributed by atoms with Crippen molar-refractivity contribution in [2.24, 2.45) is 5.73 Å². The van der Waals surface area contributed by atoms with Gasteiger partial charge in [0.05, 0.1) is 16.4 Å². The van der Waals surface area contributed by atoms with E-state index in [1.165, 1.54) is 0 Å². The summed E-state index contributed by atoms with van der Waals surface area (Å²) < 4.78 is 46.4. The molecule has 0 aliphatic carbocycles. The largest absolute Gasteiger partial charge is 0.326 e. The van der Waals surface area contributed by atoms with Crippen molar-refractivity contribution in [1.82, 2.24) is 4.90 Å². The summed E-state index contributed by atoms with van der Waals surface area (Å²) in [6.45, 7) is 0.978. The summed E-state index contributed by atoms with van der Waals surface area (Å²) in [4.78, 5) is 1.96. The van der Waals surface area contributed by atoms with E-state index in [1.807, 2.05) is 0 Å². The van der Waals surface area contributed by atoms with E-state index in [1.54, 1.807) is 36.2 Å². The van der Waals surface area contributed by atoms with Crippen LogP contribution >= 0.6 is 0 Å². The second-order valence-electron chi connectivity index (χ2n) is 5.10. The molecule has 0 saturated heterocycles. The Morgan fingerprint density at radius 2 is 1.52 bits per heavy atom. The molecule has 0 bridgehead atoms. The molecule has 21 heavy (non-hydrogen) atoms. The van der Waals surface area contributed by atoms with Gasteiger partial charge in [-0.25, -0.2) is 16.8 Å². The second-order valence-corrected chi connectivity index (χ2v) is 9.47. The first-order chi connectivity index (χ1) is 9.64. The van der Waals surface area contributed by atoms with Gasteiger partial charge >= 0.3 is 0 Å². The Morgan fingerprint density at radius 3 is 2.00 bits per heavy atom. The molecule has 0 heterocycles. The molecule has 0 fully saturated rings. The third-order valence-corrected chi connectivity index (χ3v) is 5.74. The second kappa shape index (κ2) is 7.35. The van der Waals surface area contributed by atoms with Gasteiger partial charge in [0, 0.05) is 25.9 Å². The standard InChI is InChI=1S/C13H22N2O4S2/c1-15(7-9-20(2,16)17)8-10-21(18,19)13-5-3-12(11-14)4-6-13/h3-6H,7-11,14H2,1-2H3. The molecule has 0 aliphatic rings. The summed E-state index contributed by atoms with van der Waals surface area (Å²) in [6, 6.07) is 6.49. The van der Waals surface area contributed by atoms with Gasteiger partial charge < -0.3 is 10.6 Å². The van der Waals surface area contributed by atoms with Crippen LogP contribution < -0.4 is 5.73 Å². The number of rotatable bonds is 8. The Bertz CT molecular complexity index is 652. The summed E-state index contributed by atoms with van der Waals surface area (Å²) in [5.74, 6) is -0.0238. The number of nitrogens with zero attached hydrogens (tertiary/aromatic N) is 1. The van der Waals surface area contributed by atoms with Gasteiger partial charge in [-0.3, -0.25) is 0 Å². The average molecular weight is 334 g/mol. The first kappa shape index (κ1) is 18.1. The molecule has 1 rings (SSSR count). The van der Waals surface area contributed by atoms with Crippen molar-refractivity contribution in [3.8, 4) is 0 Å². The smallest absolute Gasteiger partial charge is 0.179 e. The lowest BCUT2D eigenvalue weighted by molar-refractivity contribution is 0.374. The third-order valence-electron chi connectivity index (χ3n) is 3.10. The monoisotopic (exact) mass is 334 g/mol. The van der Waals surface area contributed by atoms with Crippen LogP contribution in [0.4, 0.5) is 0 Å². The number of hydrogen-bond donors (Lipinski definition) is 1. The van der Waals surface area contributed by atoms with E-state index in [4.69, 9.17) is 5.73 Å². The summed E-state index contributed by atoms with van der Waals surface area (Å²) in [7, 11) is -4.70. The van der Waals surface area contributed by atoms with E-state index in [0.717, 1.165) is 11.8 Å². The zero-order valence-corrected chi connectivity index (χ0v) is 14.0. The SMILES string of the molecule is CN(CCS(C)(=O)=O)CCS(=O)(=O)c1ccc(CN)cc1. The van der Waals surface area contributed by atoms with Crippen molar-refractivity contribution in [1.29, 1.82) is 0 Å². The van der Waals surface area contributed by atoms with E-state index in [-0.39, 0.29) is 22.9 Å². The van der Waals surface area contributed by atoms with Crippen LogP contribution in [0.15, 0.2) is 29.2 Å².